The van der Waals surface area contributed by atoms with Crippen molar-refractivity contribution < 1.29 is 22.3 Å². The molecule has 4 aromatic rings. The first-order chi connectivity index (χ1) is 13.9. The molecule has 0 fully saturated rings. The van der Waals surface area contributed by atoms with Gasteiger partial charge in [0, 0.05) is 18.2 Å². The highest BCUT2D eigenvalue weighted by molar-refractivity contribution is 5.76. The van der Waals surface area contributed by atoms with Gasteiger partial charge >= 0.3 is 6.18 Å². The highest BCUT2D eigenvalue weighted by Gasteiger charge is 2.30. The Hall–Kier alpha value is -3.48. The summed E-state index contributed by atoms with van der Waals surface area (Å²) in [7, 11) is 1.58. The quantitative estimate of drug-likeness (QED) is 0.452. The van der Waals surface area contributed by atoms with Gasteiger partial charge in [-0.15, -0.1) is 0 Å². The third-order valence-corrected chi connectivity index (χ3v) is 4.47. The van der Waals surface area contributed by atoms with Crippen molar-refractivity contribution in [1.82, 2.24) is 9.97 Å². The molecule has 0 bridgehead atoms. The number of rotatable bonds is 5. The van der Waals surface area contributed by atoms with Crippen LogP contribution >= 0.6 is 0 Å². The van der Waals surface area contributed by atoms with Gasteiger partial charge in [-0.2, -0.15) is 13.2 Å². The van der Waals surface area contributed by atoms with Crippen LogP contribution in [0.5, 0.6) is 5.75 Å². The minimum absolute atomic E-state index is 0.140. The molecule has 2 aromatic heterocycles. The minimum atomic E-state index is -4.40. The summed E-state index contributed by atoms with van der Waals surface area (Å²) in [5, 5.41) is 0. The zero-order chi connectivity index (χ0) is 20.4. The lowest BCUT2D eigenvalue weighted by molar-refractivity contribution is -0.137. The van der Waals surface area contributed by atoms with Crippen molar-refractivity contribution >= 4 is 0 Å². The maximum absolute atomic E-state index is 13.0. The zero-order valence-corrected chi connectivity index (χ0v) is 15.5. The maximum atomic E-state index is 13.0. The molecule has 0 aliphatic carbocycles. The van der Waals surface area contributed by atoms with Crippen LogP contribution in [-0.4, -0.2) is 17.1 Å². The molecule has 7 heteroatoms. The molecule has 0 unspecified atom stereocenters. The third kappa shape index (κ3) is 4.03. The monoisotopic (exact) mass is 398 g/mol. The molecular formula is C22H17F3N2O2. The van der Waals surface area contributed by atoms with Gasteiger partial charge in [0.2, 0.25) is 0 Å². The minimum Gasteiger partial charge on any atom is -0.497 e. The summed E-state index contributed by atoms with van der Waals surface area (Å²) < 4.78 is 50.2. The van der Waals surface area contributed by atoms with Crippen molar-refractivity contribution in [2.75, 3.05) is 7.11 Å². The van der Waals surface area contributed by atoms with Gasteiger partial charge < -0.3 is 14.1 Å². The number of aromatic nitrogens is 2. The van der Waals surface area contributed by atoms with Crippen molar-refractivity contribution in [1.29, 1.82) is 0 Å². The lowest BCUT2D eigenvalue weighted by Gasteiger charge is -2.07. The number of hydrogen-bond donors (Lipinski definition) is 1. The number of hydrogen-bond acceptors (Lipinski definition) is 3. The predicted octanol–water partition coefficient (Wildman–Crippen LogP) is 5.95. The van der Waals surface area contributed by atoms with Gasteiger partial charge in [-0.25, -0.2) is 4.98 Å². The Morgan fingerprint density at radius 2 is 1.86 bits per heavy atom. The van der Waals surface area contributed by atoms with E-state index in [0.717, 1.165) is 23.4 Å². The van der Waals surface area contributed by atoms with Crippen molar-refractivity contribution in [2.45, 2.75) is 12.6 Å². The van der Waals surface area contributed by atoms with Crippen LogP contribution in [0.3, 0.4) is 0 Å². The first kappa shape index (κ1) is 18.9. The molecule has 29 heavy (non-hydrogen) atoms. The number of ether oxygens (including phenoxy) is 1. The molecule has 0 spiro atoms. The van der Waals surface area contributed by atoms with Crippen molar-refractivity contribution in [2.24, 2.45) is 0 Å². The van der Waals surface area contributed by atoms with Crippen LogP contribution in [0.2, 0.25) is 0 Å². The summed E-state index contributed by atoms with van der Waals surface area (Å²) in [5.74, 6) is 1.51. The molecule has 0 saturated carbocycles. The highest BCUT2D eigenvalue weighted by Crippen LogP contribution is 2.34. The third-order valence-electron chi connectivity index (χ3n) is 4.47. The van der Waals surface area contributed by atoms with Crippen LogP contribution in [0.1, 0.15) is 17.0 Å². The second-order valence-corrected chi connectivity index (χ2v) is 6.48. The first-order valence-electron chi connectivity index (χ1n) is 8.88. The van der Waals surface area contributed by atoms with E-state index in [0.29, 0.717) is 28.7 Å². The van der Waals surface area contributed by atoms with Crippen LogP contribution in [0.25, 0.3) is 22.7 Å². The Labute approximate surface area is 165 Å². The number of benzene rings is 2. The van der Waals surface area contributed by atoms with Crippen LogP contribution < -0.4 is 4.74 Å². The number of H-pyrrole nitrogens is 1. The van der Waals surface area contributed by atoms with Crippen LogP contribution in [-0.2, 0) is 12.6 Å². The Kier molecular flexibility index (Phi) is 4.88. The largest absolute Gasteiger partial charge is 0.497 e. The van der Waals surface area contributed by atoms with E-state index in [-0.39, 0.29) is 6.42 Å². The van der Waals surface area contributed by atoms with E-state index in [4.69, 9.17) is 9.15 Å². The zero-order valence-electron chi connectivity index (χ0n) is 15.5. The van der Waals surface area contributed by atoms with Gasteiger partial charge in [0.05, 0.1) is 18.4 Å². The molecule has 1 N–H and O–H groups in total. The Morgan fingerprint density at radius 3 is 2.59 bits per heavy atom. The lowest BCUT2D eigenvalue weighted by Crippen LogP contribution is -2.05. The van der Waals surface area contributed by atoms with E-state index in [1.807, 2.05) is 36.4 Å². The molecule has 0 amide bonds. The van der Waals surface area contributed by atoms with Crippen LogP contribution in [0.15, 0.2) is 71.3 Å². The number of aromatic amines is 1. The van der Waals surface area contributed by atoms with E-state index in [2.05, 4.69) is 9.97 Å². The standard InChI is InChI=1S/C22H17F3N2O2/c1-28-17-8-3-6-15(13-17)20-21(18-9-4-10-26-18)29-19(27-20)12-14-5-2-7-16(11-14)22(23,24)25/h2-11,13,26H,12H2,1H3. The number of halogens is 3. The Bertz CT molecular complexity index is 1120. The molecule has 4 rings (SSSR count). The van der Waals surface area contributed by atoms with Gasteiger partial charge in [-0.1, -0.05) is 30.3 Å². The van der Waals surface area contributed by atoms with E-state index in [1.54, 1.807) is 19.4 Å². The summed E-state index contributed by atoms with van der Waals surface area (Å²) in [4.78, 5) is 7.66. The lowest BCUT2D eigenvalue weighted by atomic mass is 10.1. The molecule has 0 saturated heterocycles. The predicted molar refractivity (Wildman–Crippen MR) is 103 cm³/mol. The average molecular weight is 398 g/mol. The summed E-state index contributed by atoms with van der Waals surface area (Å²) >= 11 is 0. The van der Waals surface area contributed by atoms with E-state index < -0.39 is 11.7 Å². The van der Waals surface area contributed by atoms with Crippen LogP contribution in [0, 0.1) is 0 Å². The number of nitrogens with zero attached hydrogens (tertiary/aromatic N) is 1. The molecule has 0 atom stereocenters. The Morgan fingerprint density at radius 1 is 1.03 bits per heavy atom. The Balaban J connectivity index is 1.74. The summed E-state index contributed by atoms with van der Waals surface area (Å²) in [6.45, 7) is 0. The summed E-state index contributed by atoms with van der Waals surface area (Å²) in [5.41, 5.74) is 1.88. The van der Waals surface area contributed by atoms with Crippen LogP contribution in [0.4, 0.5) is 13.2 Å². The van der Waals surface area contributed by atoms with E-state index in [1.165, 1.54) is 6.07 Å². The van der Waals surface area contributed by atoms with Gasteiger partial charge in [-0.05, 0) is 35.9 Å². The van der Waals surface area contributed by atoms with Gasteiger partial charge in [0.25, 0.3) is 0 Å². The van der Waals surface area contributed by atoms with Crippen molar-refractivity contribution in [3.63, 3.8) is 0 Å². The van der Waals surface area contributed by atoms with E-state index >= 15 is 0 Å². The summed E-state index contributed by atoms with van der Waals surface area (Å²) in [6.07, 6.45) is -2.49. The van der Waals surface area contributed by atoms with E-state index in [9.17, 15) is 13.2 Å². The smallest absolute Gasteiger partial charge is 0.416 e. The van der Waals surface area contributed by atoms with Gasteiger partial charge in [-0.3, -0.25) is 0 Å². The fourth-order valence-electron chi connectivity index (χ4n) is 3.09. The molecule has 0 aliphatic rings. The first-order valence-corrected chi connectivity index (χ1v) is 8.88. The highest BCUT2D eigenvalue weighted by atomic mass is 19.4. The summed E-state index contributed by atoms with van der Waals surface area (Å²) in [6, 6.07) is 16.2. The molecule has 2 heterocycles. The fraction of sp³-hybridized carbons (Fsp3) is 0.136. The molecule has 4 nitrogen and oxygen atoms in total. The molecule has 2 aromatic carbocycles. The number of nitrogens with one attached hydrogen (secondary N) is 1. The van der Waals surface area contributed by atoms with Crippen molar-refractivity contribution in [3.8, 4) is 28.5 Å². The second-order valence-electron chi connectivity index (χ2n) is 6.48. The molecule has 0 aliphatic heterocycles. The maximum Gasteiger partial charge on any atom is 0.416 e. The fourth-order valence-corrected chi connectivity index (χ4v) is 3.09. The SMILES string of the molecule is COc1cccc(-c2nc(Cc3cccc(C(F)(F)F)c3)oc2-c2ccc[nH]2)c1. The molecule has 0 radical (unpaired) electrons. The second kappa shape index (κ2) is 7.50. The molecule has 148 valence electrons. The molecular weight excluding hydrogens is 381 g/mol. The van der Waals surface area contributed by atoms with Crippen molar-refractivity contribution in [3.05, 3.63) is 83.9 Å². The number of alkyl halides is 3. The average Bonchev–Trinajstić information content (AvgIpc) is 3.37. The van der Waals surface area contributed by atoms with Gasteiger partial charge in [0.15, 0.2) is 11.7 Å². The van der Waals surface area contributed by atoms with Gasteiger partial charge in [0.1, 0.15) is 11.4 Å². The topological polar surface area (TPSA) is 51.1 Å². The normalized spacial score (nSPS) is 11.6. The number of oxazole rings is 1. The number of methoxy groups -OCH3 is 1.